The highest BCUT2D eigenvalue weighted by atomic mass is 32.1. The molecule has 3 amide bonds. The summed E-state index contributed by atoms with van der Waals surface area (Å²) in [4.78, 5) is 62.8. The predicted molar refractivity (Wildman–Crippen MR) is 260 cm³/mol. The van der Waals surface area contributed by atoms with Crippen LogP contribution in [0.5, 0.6) is 11.5 Å². The molecule has 68 heavy (non-hydrogen) atoms. The number of piperazine rings is 2. The molecule has 4 atom stereocenters. The van der Waals surface area contributed by atoms with Crippen LogP contribution in [0.4, 0.5) is 15.1 Å². The van der Waals surface area contributed by atoms with Crippen molar-refractivity contribution in [3.63, 3.8) is 0 Å². The molecule has 2 aromatic heterocycles. The molecule has 2 saturated carbocycles. The second-order valence-electron chi connectivity index (χ2n) is 19.7. The van der Waals surface area contributed by atoms with Crippen LogP contribution in [0.2, 0.25) is 0 Å². The van der Waals surface area contributed by atoms with Gasteiger partial charge in [-0.25, -0.2) is 14.8 Å². The molecule has 16 heteroatoms. The summed E-state index contributed by atoms with van der Waals surface area (Å²) in [5.74, 6) is 1.77. The Morgan fingerprint density at radius 2 is 1.03 bits per heavy atom. The topological polar surface area (TPSA) is 133 Å². The fourth-order valence-corrected chi connectivity index (χ4v) is 13.7. The van der Waals surface area contributed by atoms with Gasteiger partial charge in [0.2, 0.25) is 0 Å². The number of benzene rings is 3. The fourth-order valence-electron chi connectivity index (χ4n) is 11.1. The minimum absolute atomic E-state index is 0.0923. The molecule has 354 valence electrons. The summed E-state index contributed by atoms with van der Waals surface area (Å²) in [6.07, 6.45) is 9.11. The maximum atomic E-state index is 13.5. The fraction of sp³-hybridized carbons (Fsp3) is 0.481. The average molecular weight is 955 g/mol. The van der Waals surface area contributed by atoms with Crippen molar-refractivity contribution >= 4 is 50.8 Å². The van der Waals surface area contributed by atoms with Gasteiger partial charge in [0.05, 0.1) is 24.5 Å². The zero-order chi connectivity index (χ0) is 45.8. The van der Waals surface area contributed by atoms with E-state index in [0.717, 1.165) is 98.9 Å². The van der Waals surface area contributed by atoms with Crippen molar-refractivity contribution in [3.8, 4) is 11.5 Å². The van der Waals surface area contributed by atoms with Gasteiger partial charge in [0.15, 0.2) is 21.5 Å². The van der Waals surface area contributed by atoms with Gasteiger partial charge in [-0.2, -0.15) is 0 Å². The first-order chi connectivity index (χ1) is 33.3. The molecular formula is C52H58N8O6S2. The van der Waals surface area contributed by atoms with E-state index in [-0.39, 0.29) is 30.0 Å². The van der Waals surface area contributed by atoms with Gasteiger partial charge < -0.3 is 44.0 Å². The molecule has 8 heterocycles. The number of aromatic nitrogens is 2. The SMILES string of the molecule is O=C(N1CCc2nc(N3C4CCC3CNC4)sc2C1)C1(Oc2ccccc2)CC1.O=C(OCc1ccccc1)N1CC2CCC(C1)N2c1nc2c(s1)CN(C(=O)C1(Oc3ccccc3)CC1)CC2. The minimum Gasteiger partial charge on any atom is -0.477 e. The van der Waals surface area contributed by atoms with Gasteiger partial charge >= 0.3 is 6.09 Å². The first-order valence-corrected chi connectivity index (χ1v) is 26.2. The Morgan fingerprint density at radius 3 is 1.50 bits per heavy atom. The normalized spacial score (nSPS) is 24.6. The number of thiazole rings is 2. The number of anilines is 2. The monoisotopic (exact) mass is 954 g/mol. The van der Waals surface area contributed by atoms with E-state index in [9.17, 15) is 14.4 Å². The zero-order valence-corrected chi connectivity index (χ0v) is 39.9. The highest BCUT2D eigenvalue weighted by Crippen LogP contribution is 2.46. The molecule has 2 aliphatic carbocycles. The molecule has 13 rings (SSSR count). The van der Waals surface area contributed by atoms with Crippen LogP contribution in [0.25, 0.3) is 0 Å². The van der Waals surface area contributed by atoms with Gasteiger partial charge in [0.25, 0.3) is 11.8 Å². The van der Waals surface area contributed by atoms with Crippen LogP contribution in [0.15, 0.2) is 91.0 Å². The van der Waals surface area contributed by atoms with E-state index >= 15 is 0 Å². The molecule has 8 aliphatic rings. The summed E-state index contributed by atoms with van der Waals surface area (Å²) in [6, 6.07) is 30.8. The summed E-state index contributed by atoms with van der Waals surface area (Å²) in [5, 5.41) is 5.74. The number of nitrogens with zero attached hydrogens (tertiary/aromatic N) is 7. The molecule has 1 N–H and O–H groups in total. The Hall–Kier alpha value is -5.71. The summed E-state index contributed by atoms with van der Waals surface area (Å²) in [5.41, 5.74) is 1.94. The van der Waals surface area contributed by atoms with Crippen LogP contribution >= 0.6 is 22.7 Å². The lowest BCUT2D eigenvalue weighted by Crippen LogP contribution is -2.55. The number of likely N-dealkylation sites (tertiary alicyclic amines) is 1. The molecule has 4 unspecified atom stereocenters. The molecule has 4 bridgehead atoms. The van der Waals surface area contributed by atoms with Crippen molar-refractivity contribution in [2.75, 3.05) is 49.1 Å². The standard InChI is InChI=1S/C30H32N4O4S.C22H26N4O2S/c35-27(30(14-15-30)38-24-9-5-2-6-10-24)32-16-13-25-26(19-32)39-28(31-25)34-22-11-12-23(34)18-33(17-22)29(36)37-20-21-7-3-1-4-8-21;27-20(22(9-10-22)28-17-4-2-1-3-5-17)25-11-8-18-19(14-25)29-21(24-18)26-15-6-7-16(26)13-23-12-15/h1-10,22-23H,11-20H2;1-5,15-16,23H,6-14H2. The van der Waals surface area contributed by atoms with Crippen LogP contribution in [-0.4, -0.2) is 117 Å². The van der Waals surface area contributed by atoms with E-state index in [1.165, 1.54) is 33.4 Å². The van der Waals surface area contributed by atoms with Gasteiger partial charge in [-0.3, -0.25) is 9.59 Å². The van der Waals surface area contributed by atoms with E-state index in [2.05, 4.69) is 15.1 Å². The number of ether oxygens (including phenoxy) is 3. The van der Waals surface area contributed by atoms with Crippen molar-refractivity contribution in [1.29, 1.82) is 0 Å². The predicted octanol–water partition coefficient (Wildman–Crippen LogP) is 7.21. The maximum absolute atomic E-state index is 13.5. The number of hydrogen-bond donors (Lipinski definition) is 1. The first kappa shape index (κ1) is 43.6. The van der Waals surface area contributed by atoms with Crippen molar-refractivity contribution in [2.24, 2.45) is 0 Å². The number of amides is 3. The zero-order valence-electron chi connectivity index (χ0n) is 38.3. The van der Waals surface area contributed by atoms with Gasteiger partial charge in [-0.15, -0.1) is 0 Å². The van der Waals surface area contributed by atoms with Gasteiger partial charge in [-0.1, -0.05) is 89.4 Å². The number of para-hydroxylation sites is 2. The van der Waals surface area contributed by atoms with E-state index in [1.54, 1.807) is 22.7 Å². The van der Waals surface area contributed by atoms with Crippen molar-refractivity contribution in [2.45, 2.75) is 119 Å². The average Bonchev–Trinajstić information content (AvgIpc) is 4.18. The maximum Gasteiger partial charge on any atom is 0.410 e. The highest BCUT2D eigenvalue weighted by Gasteiger charge is 2.56. The molecule has 6 aliphatic heterocycles. The van der Waals surface area contributed by atoms with Gasteiger partial charge in [0, 0.05) is 112 Å². The van der Waals surface area contributed by atoms with Crippen LogP contribution in [0, 0.1) is 0 Å². The second kappa shape index (κ2) is 18.0. The molecular weight excluding hydrogens is 897 g/mol. The van der Waals surface area contributed by atoms with Crippen LogP contribution in [-0.2, 0) is 46.9 Å². The Balaban J connectivity index is 0.000000147. The second-order valence-corrected chi connectivity index (χ2v) is 21.8. The molecule has 6 fully saturated rings. The summed E-state index contributed by atoms with van der Waals surface area (Å²) >= 11 is 3.51. The Bertz CT molecular complexity index is 2610. The molecule has 14 nitrogen and oxygen atoms in total. The van der Waals surface area contributed by atoms with Crippen LogP contribution in [0.3, 0.4) is 0 Å². The lowest BCUT2D eigenvalue weighted by molar-refractivity contribution is -0.142. The largest absolute Gasteiger partial charge is 0.477 e. The third-order valence-electron chi connectivity index (χ3n) is 15.1. The van der Waals surface area contributed by atoms with E-state index < -0.39 is 11.2 Å². The lowest BCUT2D eigenvalue weighted by atomic mass is 10.1. The number of nitrogens with one attached hydrogen (secondary N) is 1. The van der Waals surface area contributed by atoms with Crippen molar-refractivity contribution in [1.82, 2.24) is 30.0 Å². The smallest absolute Gasteiger partial charge is 0.410 e. The number of carbonyl (C=O) groups is 3. The molecule has 0 radical (unpaired) electrons. The third kappa shape index (κ3) is 8.57. The Labute approximate surface area is 405 Å². The molecule has 0 spiro atoms. The molecule has 5 aromatic rings. The Kier molecular flexibility index (Phi) is 11.5. The number of rotatable bonds is 10. The van der Waals surface area contributed by atoms with E-state index in [4.69, 9.17) is 24.2 Å². The highest BCUT2D eigenvalue weighted by molar-refractivity contribution is 7.16. The lowest BCUT2D eigenvalue weighted by Gasteiger charge is -2.40. The van der Waals surface area contributed by atoms with E-state index in [1.807, 2.05) is 106 Å². The Morgan fingerprint density at radius 1 is 0.588 bits per heavy atom. The van der Waals surface area contributed by atoms with Crippen LogP contribution in [0.1, 0.15) is 78.1 Å². The van der Waals surface area contributed by atoms with Gasteiger partial charge in [0.1, 0.15) is 18.1 Å². The number of fused-ring (bicyclic) bond motifs is 6. The number of hydrogen-bond acceptors (Lipinski definition) is 13. The number of carbonyl (C=O) groups excluding carboxylic acids is 3. The third-order valence-corrected chi connectivity index (χ3v) is 17.3. The van der Waals surface area contributed by atoms with Crippen molar-refractivity contribution in [3.05, 3.63) is 118 Å². The summed E-state index contributed by atoms with van der Waals surface area (Å²) < 4.78 is 17.9. The molecule has 3 aromatic carbocycles. The molecule has 4 saturated heterocycles. The summed E-state index contributed by atoms with van der Waals surface area (Å²) in [6.45, 7) is 6.39. The van der Waals surface area contributed by atoms with E-state index in [0.29, 0.717) is 51.4 Å². The quantitative estimate of drug-likeness (QED) is 0.152. The first-order valence-electron chi connectivity index (χ1n) is 24.6. The summed E-state index contributed by atoms with van der Waals surface area (Å²) in [7, 11) is 0. The van der Waals surface area contributed by atoms with Crippen molar-refractivity contribution < 1.29 is 28.6 Å². The van der Waals surface area contributed by atoms with Crippen LogP contribution < -0.4 is 24.6 Å². The van der Waals surface area contributed by atoms with Gasteiger partial charge in [-0.05, 0) is 55.5 Å². The minimum atomic E-state index is -0.711.